The van der Waals surface area contributed by atoms with Crippen molar-refractivity contribution in [2.24, 2.45) is 0 Å². The molecule has 0 radical (unpaired) electrons. The van der Waals surface area contributed by atoms with E-state index in [1.165, 1.54) is 0 Å². The van der Waals surface area contributed by atoms with E-state index in [0.717, 1.165) is 0 Å². The number of hydrogen-bond donors (Lipinski definition) is 0. The molecule has 0 aromatic carbocycles. The standard InChI is InChI=1S/C4H6N2O4/c7-4-5(6(8)9)2-1-3-10-4/h1-3H2. The fourth-order valence-electron chi connectivity index (χ4n) is 0.688. The molecule has 1 saturated heterocycles. The Morgan fingerprint density at radius 3 is 2.80 bits per heavy atom. The van der Waals surface area contributed by atoms with Gasteiger partial charge in [-0.2, -0.15) is 0 Å². The van der Waals surface area contributed by atoms with Gasteiger partial charge in [0.25, 0.3) is 0 Å². The second-order valence-electron chi connectivity index (χ2n) is 1.83. The summed E-state index contributed by atoms with van der Waals surface area (Å²) in [6, 6.07) is 0. The summed E-state index contributed by atoms with van der Waals surface area (Å²) >= 11 is 0. The third-order valence-corrected chi connectivity index (χ3v) is 1.15. The fraction of sp³-hybridized carbons (Fsp3) is 0.750. The number of amides is 1. The van der Waals surface area contributed by atoms with E-state index in [2.05, 4.69) is 4.74 Å². The molecule has 56 valence electrons. The van der Waals surface area contributed by atoms with Crippen LogP contribution < -0.4 is 0 Å². The molecule has 0 aromatic rings. The molecule has 0 atom stereocenters. The summed E-state index contributed by atoms with van der Waals surface area (Å²) < 4.78 is 4.40. The number of cyclic esters (lactones) is 1. The number of carbonyl (C=O) groups is 1. The first-order valence-corrected chi connectivity index (χ1v) is 2.80. The predicted octanol–water partition coefficient (Wildman–Crippen LogP) is 0.0204. The summed E-state index contributed by atoms with van der Waals surface area (Å²) in [7, 11) is 0. The molecule has 1 fully saturated rings. The highest BCUT2D eigenvalue weighted by atomic mass is 16.7. The first kappa shape index (κ1) is 6.79. The number of carbonyl (C=O) groups excluding carboxylic acids is 1. The van der Waals surface area contributed by atoms with Crippen molar-refractivity contribution in [2.75, 3.05) is 13.2 Å². The van der Waals surface area contributed by atoms with Gasteiger partial charge in [0.05, 0.1) is 13.2 Å². The van der Waals surface area contributed by atoms with Gasteiger partial charge in [-0.25, -0.2) is 14.9 Å². The van der Waals surface area contributed by atoms with Crippen LogP contribution in [0.2, 0.25) is 0 Å². The van der Waals surface area contributed by atoms with Crippen LogP contribution >= 0.6 is 0 Å². The van der Waals surface area contributed by atoms with Gasteiger partial charge in [0, 0.05) is 6.42 Å². The molecule has 1 aliphatic heterocycles. The summed E-state index contributed by atoms with van der Waals surface area (Å²) in [6.07, 6.45) is -0.344. The van der Waals surface area contributed by atoms with Gasteiger partial charge in [-0.15, -0.1) is 0 Å². The highest BCUT2D eigenvalue weighted by Gasteiger charge is 2.28. The van der Waals surface area contributed by atoms with Crippen molar-refractivity contribution in [3.63, 3.8) is 0 Å². The molecule has 0 aliphatic carbocycles. The van der Waals surface area contributed by atoms with Crippen LogP contribution in [0.3, 0.4) is 0 Å². The SMILES string of the molecule is O=C1OCCCN1[N+](=O)[O-]. The molecule has 1 rings (SSSR count). The molecule has 0 unspecified atom stereocenters. The smallest absolute Gasteiger partial charge is 0.446 e. The lowest BCUT2D eigenvalue weighted by Gasteiger charge is -2.16. The molecule has 6 nitrogen and oxygen atoms in total. The molecule has 10 heavy (non-hydrogen) atoms. The van der Waals surface area contributed by atoms with Crippen molar-refractivity contribution in [1.82, 2.24) is 5.01 Å². The molecule has 0 saturated carbocycles. The number of rotatable bonds is 1. The van der Waals surface area contributed by atoms with Crippen LogP contribution in [0.1, 0.15) is 6.42 Å². The van der Waals surface area contributed by atoms with Crippen LogP contribution in [0.4, 0.5) is 4.79 Å². The number of ether oxygens (including phenoxy) is 1. The second-order valence-corrected chi connectivity index (χ2v) is 1.83. The Balaban J connectivity index is 2.56. The zero-order chi connectivity index (χ0) is 7.56. The lowest BCUT2D eigenvalue weighted by atomic mass is 10.4. The Morgan fingerprint density at radius 1 is 1.70 bits per heavy atom. The average molecular weight is 146 g/mol. The van der Waals surface area contributed by atoms with E-state index in [0.29, 0.717) is 11.4 Å². The molecule has 1 aliphatic rings. The monoisotopic (exact) mass is 146 g/mol. The van der Waals surface area contributed by atoms with E-state index in [1.54, 1.807) is 0 Å². The summed E-state index contributed by atoms with van der Waals surface area (Å²) in [6.45, 7) is 0.426. The van der Waals surface area contributed by atoms with Gasteiger partial charge in [0.1, 0.15) is 0 Å². The topological polar surface area (TPSA) is 72.7 Å². The van der Waals surface area contributed by atoms with Gasteiger partial charge in [-0.1, -0.05) is 0 Å². The van der Waals surface area contributed by atoms with E-state index < -0.39 is 11.1 Å². The van der Waals surface area contributed by atoms with Crippen LogP contribution in [-0.4, -0.2) is 29.3 Å². The summed E-state index contributed by atoms with van der Waals surface area (Å²) in [5.41, 5.74) is 0. The van der Waals surface area contributed by atoms with E-state index in [4.69, 9.17) is 0 Å². The summed E-state index contributed by atoms with van der Waals surface area (Å²) in [4.78, 5) is 20.5. The van der Waals surface area contributed by atoms with E-state index in [-0.39, 0.29) is 13.2 Å². The average Bonchev–Trinajstić information content (AvgIpc) is 1.88. The Bertz CT molecular complexity index is 169. The van der Waals surface area contributed by atoms with Crippen molar-refractivity contribution in [3.05, 3.63) is 10.1 Å². The number of nitrogens with zero attached hydrogens (tertiary/aromatic N) is 2. The van der Waals surface area contributed by atoms with Crippen molar-refractivity contribution >= 4 is 6.09 Å². The van der Waals surface area contributed by atoms with Crippen molar-refractivity contribution < 1.29 is 14.6 Å². The van der Waals surface area contributed by atoms with Crippen LogP contribution in [0.25, 0.3) is 0 Å². The highest BCUT2D eigenvalue weighted by Crippen LogP contribution is 2.03. The number of hydrogen-bond acceptors (Lipinski definition) is 4. The molecule has 0 bridgehead atoms. The Labute approximate surface area is 56.5 Å². The fourth-order valence-corrected chi connectivity index (χ4v) is 0.688. The molecule has 0 N–H and O–H groups in total. The zero-order valence-electron chi connectivity index (χ0n) is 5.15. The third kappa shape index (κ3) is 1.15. The van der Waals surface area contributed by atoms with Crippen LogP contribution in [-0.2, 0) is 4.74 Å². The number of nitro groups is 1. The first-order chi connectivity index (χ1) is 4.72. The minimum absolute atomic E-state index is 0.145. The third-order valence-electron chi connectivity index (χ3n) is 1.15. The first-order valence-electron chi connectivity index (χ1n) is 2.80. The maximum absolute atomic E-state index is 10.5. The Hall–Kier alpha value is -1.33. The molecule has 0 spiro atoms. The number of hydrazine groups is 1. The normalized spacial score (nSPS) is 18.4. The Kier molecular flexibility index (Phi) is 1.70. The van der Waals surface area contributed by atoms with Crippen molar-refractivity contribution in [2.45, 2.75) is 6.42 Å². The summed E-state index contributed by atoms with van der Waals surface area (Å²) in [5.74, 6) is 0. The van der Waals surface area contributed by atoms with E-state index >= 15 is 0 Å². The van der Waals surface area contributed by atoms with Crippen LogP contribution in [0.5, 0.6) is 0 Å². The maximum Gasteiger partial charge on any atom is 0.468 e. The Morgan fingerprint density at radius 2 is 2.40 bits per heavy atom. The summed E-state index contributed by atoms with van der Waals surface area (Å²) in [5, 5.41) is 9.69. The van der Waals surface area contributed by atoms with E-state index in [9.17, 15) is 14.9 Å². The van der Waals surface area contributed by atoms with Gasteiger partial charge in [0.15, 0.2) is 5.03 Å². The molecule has 1 heterocycles. The minimum Gasteiger partial charge on any atom is -0.446 e. The van der Waals surface area contributed by atoms with Gasteiger partial charge in [0.2, 0.25) is 0 Å². The molecular weight excluding hydrogens is 140 g/mol. The van der Waals surface area contributed by atoms with Gasteiger partial charge in [-0.3, -0.25) is 0 Å². The minimum atomic E-state index is -0.865. The van der Waals surface area contributed by atoms with Gasteiger partial charge < -0.3 is 4.74 Å². The largest absolute Gasteiger partial charge is 0.468 e. The predicted molar refractivity (Wildman–Crippen MR) is 29.7 cm³/mol. The van der Waals surface area contributed by atoms with Crippen molar-refractivity contribution in [3.8, 4) is 0 Å². The maximum atomic E-state index is 10.5. The van der Waals surface area contributed by atoms with Crippen molar-refractivity contribution in [1.29, 1.82) is 0 Å². The van der Waals surface area contributed by atoms with Gasteiger partial charge in [-0.05, 0) is 5.01 Å². The lowest BCUT2D eigenvalue weighted by Crippen LogP contribution is -2.41. The highest BCUT2D eigenvalue weighted by molar-refractivity contribution is 5.66. The van der Waals surface area contributed by atoms with Crippen LogP contribution in [0.15, 0.2) is 0 Å². The van der Waals surface area contributed by atoms with E-state index in [1.807, 2.05) is 0 Å². The molecule has 0 aromatic heterocycles. The second kappa shape index (κ2) is 2.51. The molecular formula is C4H6N2O4. The molecule has 1 amide bonds. The quantitative estimate of drug-likeness (QED) is 0.386. The van der Waals surface area contributed by atoms with Gasteiger partial charge >= 0.3 is 6.09 Å². The van der Waals surface area contributed by atoms with Crippen LogP contribution in [0, 0.1) is 10.1 Å². The lowest BCUT2D eigenvalue weighted by molar-refractivity contribution is -0.637. The zero-order valence-corrected chi connectivity index (χ0v) is 5.15. The molecule has 6 heteroatoms.